The lowest BCUT2D eigenvalue weighted by Gasteiger charge is -2.12. The molecule has 0 amide bonds. The van der Waals surface area contributed by atoms with Crippen LogP contribution in [0.1, 0.15) is 25.0 Å². The van der Waals surface area contributed by atoms with Crippen molar-refractivity contribution in [1.29, 1.82) is 5.26 Å². The zero-order chi connectivity index (χ0) is 11.8. The van der Waals surface area contributed by atoms with E-state index in [9.17, 15) is 0 Å². The fraction of sp³-hybridized carbons (Fsp3) is 0.462. The molecule has 1 rings (SSSR count). The zero-order valence-corrected chi connectivity index (χ0v) is 9.77. The summed E-state index contributed by atoms with van der Waals surface area (Å²) in [5.41, 5.74) is 1.68. The Morgan fingerprint density at radius 3 is 2.94 bits per heavy atom. The number of hydrogen-bond acceptors (Lipinski definition) is 3. The minimum absolute atomic E-state index is 0.0747. The zero-order valence-electron chi connectivity index (χ0n) is 9.77. The van der Waals surface area contributed by atoms with E-state index in [2.05, 4.69) is 6.07 Å². The fourth-order valence-corrected chi connectivity index (χ4v) is 1.30. The number of benzene rings is 1. The summed E-state index contributed by atoms with van der Waals surface area (Å²) < 4.78 is 10.8. The monoisotopic (exact) mass is 219 g/mol. The lowest BCUT2D eigenvalue weighted by Crippen LogP contribution is -2.15. The summed E-state index contributed by atoms with van der Waals surface area (Å²) in [6.45, 7) is 5.77. The Kier molecular flexibility index (Phi) is 5.55. The predicted octanol–water partition coefficient (Wildman–Crippen LogP) is 2.50. The van der Waals surface area contributed by atoms with Gasteiger partial charge in [-0.05, 0) is 31.5 Å². The van der Waals surface area contributed by atoms with Gasteiger partial charge in [-0.25, -0.2) is 0 Å². The number of nitrogens with zero attached hydrogens (tertiary/aromatic N) is 1. The van der Waals surface area contributed by atoms with E-state index < -0.39 is 0 Å². The second-order valence-corrected chi connectivity index (χ2v) is 3.59. The van der Waals surface area contributed by atoms with Crippen molar-refractivity contribution in [3.63, 3.8) is 0 Å². The molecule has 3 nitrogen and oxygen atoms in total. The first-order chi connectivity index (χ1) is 7.76. The maximum Gasteiger partial charge on any atom is 0.0991 e. The quantitative estimate of drug-likeness (QED) is 0.738. The summed E-state index contributed by atoms with van der Waals surface area (Å²) in [5.74, 6) is 0. The van der Waals surface area contributed by atoms with Crippen LogP contribution >= 0.6 is 0 Å². The van der Waals surface area contributed by atoms with E-state index >= 15 is 0 Å². The summed E-state index contributed by atoms with van der Waals surface area (Å²) in [7, 11) is 0. The molecule has 0 aliphatic heterocycles. The van der Waals surface area contributed by atoms with Gasteiger partial charge in [-0.1, -0.05) is 12.1 Å². The number of nitriles is 1. The van der Waals surface area contributed by atoms with E-state index in [0.717, 1.165) is 5.56 Å². The maximum absolute atomic E-state index is 8.74. The van der Waals surface area contributed by atoms with Crippen LogP contribution in [0, 0.1) is 11.3 Å². The highest BCUT2D eigenvalue weighted by Crippen LogP contribution is 2.07. The molecule has 1 aromatic rings. The van der Waals surface area contributed by atoms with Crippen molar-refractivity contribution in [1.82, 2.24) is 0 Å². The van der Waals surface area contributed by atoms with Gasteiger partial charge in [-0.2, -0.15) is 5.26 Å². The molecule has 0 fully saturated rings. The van der Waals surface area contributed by atoms with Crippen LogP contribution in [0.2, 0.25) is 0 Å². The smallest absolute Gasteiger partial charge is 0.0991 e. The molecular weight excluding hydrogens is 202 g/mol. The van der Waals surface area contributed by atoms with Crippen molar-refractivity contribution in [3.8, 4) is 6.07 Å². The number of hydrogen-bond donors (Lipinski definition) is 0. The fourth-order valence-electron chi connectivity index (χ4n) is 1.30. The molecule has 0 spiro atoms. The van der Waals surface area contributed by atoms with Gasteiger partial charge in [0.15, 0.2) is 0 Å². The van der Waals surface area contributed by atoms with E-state index in [1.807, 2.05) is 32.0 Å². The molecular formula is C13H17NO2. The Morgan fingerprint density at radius 2 is 2.25 bits per heavy atom. The van der Waals surface area contributed by atoms with Crippen LogP contribution in [0.15, 0.2) is 24.3 Å². The summed E-state index contributed by atoms with van der Waals surface area (Å²) in [5, 5.41) is 8.74. The van der Waals surface area contributed by atoms with Gasteiger partial charge in [0.2, 0.25) is 0 Å². The van der Waals surface area contributed by atoms with E-state index in [-0.39, 0.29) is 6.10 Å². The van der Waals surface area contributed by atoms with Crippen LogP contribution in [-0.4, -0.2) is 19.3 Å². The molecule has 0 aromatic heterocycles. The third-order valence-corrected chi connectivity index (χ3v) is 2.15. The normalized spacial score (nSPS) is 12.1. The predicted molar refractivity (Wildman–Crippen MR) is 61.9 cm³/mol. The van der Waals surface area contributed by atoms with Gasteiger partial charge in [0.05, 0.1) is 31.0 Å². The molecule has 1 unspecified atom stereocenters. The molecule has 0 aliphatic rings. The number of ether oxygens (including phenoxy) is 2. The average molecular weight is 219 g/mol. The minimum Gasteiger partial charge on any atom is -0.379 e. The van der Waals surface area contributed by atoms with Gasteiger partial charge >= 0.3 is 0 Å². The molecule has 1 aromatic carbocycles. The van der Waals surface area contributed by atoms with Crippen LogP contribution in [0.3, 0.4) is 0 Å². The van der Waals surface area contributed by atoms with Crippen molar-refractivity contribution in [2.24, 2.45) is 0 Å². The highest BCUT2D eigenvalue weighted by molar-refractivity contribution is 5.32. The van der Waals surface area contributed by atoms with Crippen molar-refractivity contribution < 1.29 is 9.47 Å². The lowest BCUT2D eigenvalue weighted by atomic mass is 10.1. The molecule has 0 heterocycles. The lowest BCUT2D eigenvalue weighted by molar-refractivity contribution is -0.0116. The third-order valence-electron chi connectivity index (χ3n) is 2.15. The van der Waals surface area contributed by atoms with Gasteiger partial charge in [0, 0.05) is 6.61 Å². The van der Waals surface area contributed by atoms with Crippen molar-refractivity contribution in [2.45, 2.75) is 26.6 Å². The molecule has 0 saturated heterocycles. The van der Waals surface area contributed by atoms with Crippen molar-refractivity contribution >= 4 is 0 Å². The summed E-state index contributed by atoms with van der Waals surface area (Å²) in [4.78, 5) is 0. The van der Waals surface area contributed by atoms with Crippen LogP contribution in [0.5, 0.6) is 0 Å². The second kappa shape index (κ2) is 7.00. The van der Waals surface area contributed by atoms with Gasteiger partial charge in [0.1, 0.15) is 0 Å². The standard InChI is InChI=1S/C13H17NO2/c1-3-15-9-11(2)16-10-13-6-4-5-12(7-13)8-14/h4-7,11H,3,9-10H2,1-2H3. The second-order valence-electron chi connectivity index (χ2n) is 3.59. The van der Waals surface area contributed by atoms with E-state index in [4.69, 9.17) is 14.7 Å². The van der Waals surface area contributed by atoms with Crippen LogP contribution in [0.25, 0.3) is 0 Å². The first kappa shape index (κ1) is 12.7. The van der Waals surface area contributed by atoms with Crippen molar-refractivity contribution in [3.05, 3.63) is 35.4 Å². The molecule has 0 saturated carbocycles. The summed E-state index contributed by atoms with van der Waals surface area (Å²) in [6, 6.07) is 9.55. The Balaban J connectivity index is 2.39. The maximum atomic E-state index is 8.74. The third kappa shape index (κ3) is 4.43. The van der Waals surface area contributed by atoms with Gasteiger partial charge in [-0.3, -0.25) is 0 Å². The van der Waals surface area contributed by atoms with Crippen LogP contribution in [0.4, 0.5) is 0 Å². The SMILES string of the molecule is CCOCC(C)OCc1cccc(C#N)c1. The minimum atomic E-state index is 0.0747. The van der Waals surface area contributed by atoms with Crippen LogP contribution < -0.4 is 0 Å². The molecule has 0 N–H and O–H groups in total. The molecule has 86 valence electrons. The summed E-state index contributed by atoms with van der Waals surface area (Å²) in [6.07, 6.45) is 0.0747. The number of rotatable bonds is 6. The van der Waals surface area contributed by atoms with Gasteiger partial charge in [0.25, 0.3) is 0 Å². The Bertz CT molecular complexity index is 357. The first-order valence-electron chi connectivity index (χ1n) is 5.44. The highest BCUT2D eigenvalue weighted by Gasteiger charge is 2.02. The summed E-state index contributed by atoms with van der Waals surface area (Å²) >= 11 is 0. The van der Waals surface area contributed by atoms with Crippen molar-refractivity contribution in [2.75, 3.05) is 13.2 Å². The Labute approximate surface area is 96.6 Å². The van der Waals surface area contributed by atoms with Gasteiger partial charge in [-0.15, -0.1) is 0 Å². The van der Waals surface area contributed by atoms with Crippen LogP contribution in [-0.2, 0) is 16.1 Å². The highest BCUT2D eigenvalue weighted by atomic mass is 16.5. The Hall–Kier alpha value is -1.37. The molecule has 0 aliphatic carbocycles. The molecule has 0 bridgehead atoms. The Morgan fingerprint density at radius 1 is 1.44 bits per heavy atom. The van der Waals surface area contributed by atoms with E-state index in [1.165, 1.54) is 0 Å². The largest absolute Gasteiger partial charge is 0.379 e. The van der Waals surface area contributed by atoms with E-state index in [1.54, 1.807) is 6.07 Å². The van der Waals surface area contributed by atoms with Gasteiger partial charge < -0.3 is 9.47 Å². The molecule has 3 heteroatoms. The topological polar surface area (TPSA) is 42.2 Å². The molecule has 16 heavy (non-hydrogen) atoms. The first-order valence-corrected chi connectivity index (χ1v) is 5.44. The van der Waals surface area contributed by atoms with E-state index in [0.29, 0.717) is 25.4 Å². The molecule has 0 radical (unpaired) electrons. The average Bonchev–Trinajstić information content (AvgIpc) is 2.34. The molecule has 1 atom stereocenters.